The van der Waals surface area contributed by atoms with Gasteiger partial charge < -0.3 is 13.9 Å². The quantitative estimate of drug-likeness (QED) is 0.296. The van der Waals surface area contributed by atoms with Crippen LogP contribution < -0.4 is 15.1 Å². The van der Waals surface area contributed by atoms with Gasteiger partial charge in [0.25, 0.3) is 0 Å². The van der Waals surface area contributed by atoms with Crippen LogP contribution in [0.5, 0.6) is 11.5 Å². The molecule has 0 bridgehead atoms. The van der Waals surface area contributed by atoms with Crippen LogP contribution in [0.25, 0.3) is 32.5 Å². The minimum absolute atomic E-state index is 0.391. The largest absolute Gasteiger partial charge is 0.497 e. The van der Waals surface area contributed by atoms with E-state index < -0.39 is 5.63 Å². The van der Waals surface area contributed by atoms with Crippen molar-refractivity contribution in [1.82, 2.24) is 0 Å². The first-order valence-corrected chi connectivity index (χ1v) is 9.36. The maximum atomic E-state index is 12.4. The third kappa shape index (κ3) is 3.19. The normalized spacial score (nSPS) is 11.2. The highest BCUT2D eigenvalue weighted by Crippen LogP contribution is 2.29. The molecular formula is C25H18O4. The van der Waals surface area contributed by atoms with Gasteiger partial charge in [-0.15, -0.1) is 0 Å². The highest BCUT2D eigenvalue weighted by Gasteiger charge is 2.10. The number of ether oxygens (including phenoxy) is 2. The van der Waals surface area contributed by atoms with E-state index in [2.05, 4.69) is 30.3 Å². The molecule has 0 aliphatic carbocycles. The van der Waals surface area contributed by atoms with E-state index in [1.165, 1.54) is 10.8 Å². The third-order valence-corrected chi connectivity index (χ3v) is 5.11. The summed E-state index contributed by atoms with van der Waals surface area (Å²) in [5.41, 5.74) is 1.19. The van der Waals surface area contributed by atoms with Gasteiger partial charge in [-0.2, -0.15) is 0 Å². The molecule has 0 saturated heterocycles. The van der Waals surface area contributed by atoms with Crippen LogP contribution in [0.3, 0.4) is 0 Å². The molecule has 0 aliphatic rings. The summed E-state index contributed by atoms with van der Waals surface area (Å²) in [6.45, 7) is 0.436. The van der Waals surface area contributed by atoms with Crippen LogP contribution in [-0.2, 0) is 6.61 Å². The first-order chi connectivity index (χ1) is 14.2. The number of methoxy groups -OCH3 is 1. The van der Waals surface area contributed by atoms with Crippen LogP contribution in [0, 0.1) is 0 Å². The summed E-state index contributed by atoms with van der Waals surface area (Å²) in [6.07, 6.45) is 0. The molecule has 0 amide bonds. The molecule has 4 aromatic carbocycles. The van der Waals surface area contributed by atoms with E-state index >= 15 is 0 Å². The van der Waals surface area contributed by atoms with E-state index in [1.54, 1.807) is 19.2 Å². The SMILES string of the molecule is COc1ccc2c(c1)c(=O)oc1cc(OCc3ccc4ccccc4c3)ccc12. The van der Waals surface area contributed by atoms with Crippen LogP contribution >= 0.6 is 0 Å². The minimum Gasteiger partial charge on any atom is -0.497 e. The van der Waals surface area contributed by atoms with Gasteiger partial charge in [-0.3, -0.25) is 0 Å². The van der Waals surface area contributed by atoms with Crippen LogP contribution in [-0.4, -0.2) is 7.11 Å². The Morgan fingerprint density at radius 1 is 0.759 bits per heavy atom. The van der Waals surface area contributed by atoms with Crippen molar-refractivity contribution in [3.05, 3.63) is 94.8 Å². The first kappa shape index (κ1) is 17.3. The van der Waals surface area contributed by atoms with E-state index in [-0.39, 0.29) is 0 Å². The zero-order chi connectivity index (χ0) is 19.8. The molecule has 0 unspecified atom stereocenters. The fourth-order valence-electron chi connectivity index (χ4n) is 3.60. The second kappa shape index (κ2) is 6.99. The lowest BCUT2D eigenvalue weighted by Crippen LogP contribution is -2.01. The maximum absolute atomic E-state index is 12.4. The van der Waals surface area contributed by atoms with E-state index in [9.17, 15) is 4.79 Å². The van der Waals surface area contributed by atoms with E-state index in [0.717, 1.165) is 16.3 Å². The van der Waals surface area contributed by atoms with Gasteiger partial charge in [0, 0.05) is 16.8 Å². The topological polar surface area (TPSA) is 48.7 Å². The fraction of sp³-hybridized carbons (Fsp3) is 0.0800. The van der Waals surface area contributed by atoms with Gasteiger partial charge in [-0.1, -0.05) is 36.4 Å². The van der Waals surface area contributed by atoms with Crippen molar-refractivity contribution >= 4 is 32.5 Å². The summed E-state index contributed by atoms with van der Waals surface area (Å²) in [5, 5.41) is 4.58. The molecule has 1 aromatic heterocycles. The molecule has 5 aromatic rings. The summed E-state index contributed by atoms with van der Waals surface area (Å²) < 4.78 is 16.7. The second-order valence-electron chi connectivity index (χ2n) is 6.93. The van der Waals surface area contributed by atoms with Crippen LogP contribution in [0.1, 0.15) is 5.56 Å². The molecule has 4 heteroatoms. The van der Waals surface area contributed by atoms with Crippen LogP contribution in [0.15, 0.2) is 88.1 Å². The number of hydrogen-bond donors (Lipinski definition) is 0. The van der Waals surface area contributed by atoms with Gasteiger partial charge in [-0.05, 0) is 52.7 Å². The molecular weight excluding hydrogens is 364 g/mol. The molecule has 0 radical (unpaired) electrons. The van der Waals surface area contributed by atoms with Crippen molar-refractivity contribution in [1.29, 1.82) is 0 Å². The van der Waals surface area contributed by atoms with Gasteiger partial charge in [0.1, 0.15) is 23.7 Å². The molecule has 142 valence electrons. The Labute approximate surface area is 166 Å². The number of fused-ring (bicyclic) bond motifs is 4. The van der Waals surface area contributed by atoms with Gasteiger partial charge in [0.15, 0.2) is 0 Å². The molecule has 29 heavy (non-hydrogen) atoms. The lowest BCUT2D eigenvalue weighted by molar-refractivity contribution is 0.306. The fourth-order valence-corrected chi connectivity index (χ4v) is 3.60. The number of rotatable bonds is 4. The zero-order valence-corrected chi connectivity index (χ0v) is 15.8. The molecule has 0 atom stereocenters. The molecule has 1 heterocycles. The second-order valence-corrected chi connectivity index (χ2v) is 6.93. The maximum Gasteiger partial charge on any atom is 0.344 e. The van der Waals surface area contributed by atoms with Crippen LogP contribution in [0.4, 0.5) is 0 Å². The van der Waals surface area contributed by atoms with Gasteiger partial charge in [-0.25, -0.2) is 4.79 Å². The van der Waals surface area contributed by atoms with Gasteiger partial charge >= 0.3 is 5.63 Å². The van der Waals surface area contributed by atoms with Gasteiger partial charge in [0.05, 0.1) is 12.5 Å². The predicted octanol–water partition coefficient (Wildman–Crippen LogP) is 5.69. The molecule has 0 fully saturated rings. The first-order valence-electron chi connectivity index (χ1n) is 9.36. The van der Waals surface area contributed by atoms with E-state index in [0.29, 0.717) is 29.1 Å². The Kier molecular flexibility index (Phi) is 4.17. The highest BCUT2D eigenvalue weighted by molar-refractivity contribution is 6.04. The smallest absolute Gasteiger partial charge is 0.344 e. The summed E-state index contributed by atoms with van der Waals surface area (Å²) in [6, 6.07) is 25.5. The van der Waals surface area contributed by atoms with Crippen molar-refractivity contribution in [2.24, 2.45) is 0 Å². The van der Waals surface area contributed by atoms with E-state index in [1.807, 2.05) is 36.4 Å². The molecule has 0 aliphatic heterocycles. The lowest BCUT2D eigenvalue weighted by Gasteiger charge is -2.09. The lowest BCUT2D eigenvalue weighted by atomic mass is 10.1. The Morgan fingerprint density at radius 3 is 2.41 bits per heavy atom. The average Bonchev–Trinajstić information content (AvgIpc) is 2.77. The Hall–Kier alpha value is -3.79. The summed E-state index contributed by atoms with van der Waals surface area (Å²) in [4.78, 5) is 12.4. The third-order valence-electron chi connectivity index (χ3n) is 5.11. The molecule has 4 nitrogen and oxygen atoms in total. The zero-order valence-electron chi connectivity index (χ0n) is 15.8. The highest BCUT2D eigenvalue weighted by atomic mass is 16.5. The average molecular weight is 382 g/mol. The summed E-state index contributed by atoms with van der Waals surface area (Å²) >= 11 is 0. The van der Waals surface area contributed by atoms with Crippen molar-refractivity contribution in [2.75, 3.05) is 7.11 Å². The van der Waals surface area contributed by atoms with Crippen molar-refractivity contribution in [3.8, 4) is 11.5 Å². The van der Waals surface area contributed by atoms with Crippen molar-refractivity contribution in [2.45, 2.75) is 6.61 Å². The van der Waals surface area contributed by atoms with Gasteiger partial charge in [0.2, 0.25) is 0 Å². The Morgan fingerprint density at radius 2 is 1.55 bits per heavy atom. The Balaban J connectivity index is 1.47. The standard InChI is InChI=1S/C25H18O4/c1-27-19-8-10-21-22-11-9-20(14-24(22)29-25(26)23(21)13-19)28-15-16-6-7-17-4-2-3-5-18(17)12-16/h2-14H,15H2,1H3. The minimum atomic E-state index is -0.391. The van der Waals surface area contributed by atoms with E-state index in [4.69, 9.17) is 13.9 Å². The summed E-state index contributed by atoms with van der Waals surface area (Å²) in [7, 11) is 1.57. The number of benzene rings is 4. The summed E-state index contributed by atoms with van der Waals surface area (Å²) in [5.74, 6) is 1.28. The molecule has 0 spiro atoms. The van der Waals surface area contributed by atoms with Crippen molar-refractivity contribution < 1.29 is 13.9 Å². The molecule has 0 saturated carbocycles. The molecule has 0 N–H and O–H groups in total. The van der Waals surface area contributed by atoms with Crippen molar-refractivity contribution in [3.63, 3.8) is 0 Å². The Bertz CT molecular complexity index is 1420. The number of hydrogen-bond acceptors (Lipinski definition) is 4. The monoisotopic (exact) mass is 382 g/mol. The van der Waals surface area contributed by atoms with Crippen LogP contribution in [0.2, 0.25) is 0 Å². The predicted molar refractivity (Wildman–Crippen MR) is 115 cm³/mol. The molecule has 5 rings (SSSR count).